The fourth-order valence-corrected chi connectivity index (χ4v) is 12.2. The molecule has 0 atom stereocenters. The van der Waals surface area contributed by atoms with Crippen LogP contribution in [0, 0.1) is 58.3 Å². The second-order valence-electron chi connectivity index (χ2n) is 28.6. The van der Waals surface area contributed by atoms with Crippen LogP contribution in [-0.2, 0) is 23.9 Å². The van der Waals surface area contributed by atoms with Crippen LogP contribution in [0.25, 0.3) is 29.0 Å². The zero-order valence-electron chi connectivity index (χ0n) is 69.2. The Hall–Kier alpha value is -9.17. The molecule has 634 valence electrons. The second-order valence-corrected chi connectivity index (χ2v) is 31.4. The van der Waals surface area contributed by atoms with Crippen LogP contribution in [-0.4, -0.2) is 157 Å². The van der Waals surface area contributed by atoms with Gasteiger partial charge in [-0.05, 0) is 262 Å². The summed E-state index contributed by atoms with van der Waals surface area (Å²) in [5.41, 5.74) is 25.6. The quantitative estimate of drug-likeness (QED) is 0.00495. The number of nitriles is 1. The van der Waals surface area contributed by atoms with Crippen molar-refractivity contribution in [1.82, 2.24) is 59.8 Å². The van der Waals surface area contributed by atoms with Crippen molar-refractivity contribution in [3.8, 4) is 28.8 Å². The molecule has 0 saturated heterocycles. The normalized spacial score (nSPS) is 14.5. The number of nitrogens with zero attached hydrogens (tertiary/aromatic N) is 12. The Kier molecular flexibility index (Phi) is 46.0. The molecule has 0 amide bonds. The van der Waals surface area contributed by atoms with Gasteiger partial charge in [0, 0.05) is 123 Å². The van der Waals surface area contributed by atoms with Crippen LogP contribution in [0.15, 0.2) is 102 Å². The molecule has 8 heterocycles. The summed E-state index contributed by atoms with van der Waals surface area (Å²) in [4.78, 5) is 66.2. The number of rotatable bonds is 20. The number of pyridine rings is 6. The number of aryl methyl sites for hydroxylation is 6. The lowest BCUT2D eigenvalue weighted by atomic mass is 9.93. The molecule has 27 nitrogen and oxygen atoms in total. The van der Waals surface area contributed by atoms with Gasteiger partial charge >= 0.3 is 11.9 Å². The molecule has 8 aromatic rings. The van der Waals surface area contributed by atoms with Crippen molar-refractivity contribution in [3.05, 3.63) is 163 Å². The van der Waals surface area contributed by atoms with Gasteiger partial charge in [-0.1, -0.05) is 71.9 Å². The van der Waals surface area contributed by atoms with Crippen LogP contribution in [0.3, 0.4) is 0 Å². The van der Waals surface area contributed by atoms with Crippen molar-refractivity contribution in [2.75, 3.05) is 46.5 Å². The summed E-state index contributed by atoms with van der Waals surface area (Å²) in [5.74, 6) is 5.12. The van der Waals surface area contributed by atoms with E-state index < -0.39 is 13.1 Å². The van der Waals surface area contributed by atoms with Gasteiger partial charge in [0.05, 0.1) is 37.4 Å². The van der Waals surface area contributed by atoms with Crippen LogP contribution >= 0.6 is 69.8 Å². The monoisotopic (exact) mass is 1800 g/mol. The summed E-state index contributed by atoms with van der Waals surface area (Å²) >= 11 is 19.6. The molecule has 14 rings (SSSR count). The van der Waals surface area contributed by atoms with E-state index in [-0.39, 0.29) is 32.1 Å². The van der Waals surface area contributed by atoms with Crippen LogP contribution in [0.4, 0.5) is 33.5 Å². The summed E-state index contributed by atoms with van der Waals surface area (Å²) in [5, 5.41) is 46.4. The molecule has 0 spiro atoms. The summed E-state index contributed by atoms with van der Waals surface area (Å²) in [6.45, 7) is 19.0. The molecule has 6 aliphatic rings. The van der Waals surface area contributed by atoms with E-state index in [1.807, 2.05) is 139 Å². The van der Waals surface area contributed by atoms with Crippen molar-refractivity contribution < 1.29 is 29.6 Å². The highest BCUT2D eigenvalue weighted by Gasteiger charge is 2.23. The first-order valence-electron chi connectivity index (χ1n) is 39.5. The average Bonchev–Trinajstić information content (AvgIpc) is 1.59. The highest BCUT2D eigenvalue weighted by atomic mass is 127. The Labute approximate surface area is 724 Å². The molecule has 6 aliphatic carbocycles. The number of esters is 2. The third-order valence-corrected chi connectivity index (χ3v) is 19.4. The van der Waals surface area contributed by atoms with Crippen LogP contribution in [0.5, 0.6) is 0 Å². The Morgan fingerprint density at radius 2 is 1.05 bits per heavy atom. The minimum Gasteiger partial charge on any atom is -0.460 e. The third-order valence-electron chi connectivity index (χ3n) is 17.8. The number of anilines is 5. The van der Waals surface area contributed by atoms with E-state index in [1.165, 1.54) is 157 Å². The molecule has 117 heavy (non-hydrogen) atoms. The van der Waals surface area contributed by atoms with Gasteiger partial charge in [0.15, 0.2) is 11.6 Å². The van der Waals surface area contributed by atoms with E-state index in [0.29, 0.717) is 74.1 Å². The van der Waals surface area contributed by atoms with Crippen molar-refractivity contribution >= 4 is 133 Å². The molecular weight excluding hydrogens is 1680 g/mol. The van der Waals surface area contributed by atoms with Gasteiger partial charge in [-0.25, -0.2) is 54.1 Å². The SMILES string of the molecule is C.CC(C)OC(=O)/C=C\I.CSC(=N)c1cc(C)nc(NC2CCC2)c1.Cc1cc(-c2ncn(/C=C\C(=O)OC(C)C)n2)cc(NC2CCC2)n1.Cc1cc(-c2ncn[nH]2)cc(NC2CCC2)n1.Cc1cc(C#N)cc(NC2CCC2)n1.Cc1cc(C(N)=S)cc(NC2CCC2)n1.Cc1cc(Cl)cc(Cl)n1.NC1CCC1.NCC=O.[2H]CF. The molecule has 0 unspecified atom stereocenters. The van der Waals surface area contributed by atoms with Crippen LogP contribution in [0.2, 0.25) is 10.2 Å². The Morgan fingerprint density at radius 3 is 1.42 bits per heavy atom. The van der Waals surface area contributed by atoms with Gasteiger partial charge in [0.25, 0.3) is 0 Å². The molecule has 13 N–H and O–H groups in total. The lowest BCUT2D eigenvalue weighted by molar-refractivity contribution is -0.142. The fraction of sp³-hybridized carbons (Fsp3) is 0.476. The number of nitrogens with one attached hydrogen (secondary N) is 7. The third kappa shape index (κ3) is 39.8. The number of thiocarbonyl (C=S) groups is 1. The molecule has 0 aliphatic heterocycles. The molecule has 33 heteroatoms. The number of hydrogen-bond donors (Lipinski definition) is 10. The molecule has 8 aromatic heterocycles. The number of H-pyrrole nitrogens is 1. The standard InChI is InChI=1S/C18H23N5O2.C12H15N5.C12H17N3S.C11H15N3S.C11H13N3.C6H5Cl2N.C6H9IO2.C4H9N.C2H5NO.CH3F.CH4/c1-12(2)25-17(24)7-8-23-11-19-18(22-23)14-9-13(3)20-16(10-14)21-15-5-4-6-15;1-8-5-9(12-13-7-14-17-12)6-11(15-8)16-10-3-2-4-10;1-8-6-9(12(13)16-2)7-11(14-8)15-10-4-3-5-10;1-7-5-8(11(12)15)6-10(13-7)14-9-3-2-4-9;1-8-5-9(7-12)6-11(13-8)14-10-3-2-4-10;1-4-2-5(7)3-6(8)9-4;1-5(2)9-6(8)3-4-7;5-4-2-1-3-4;3-1-2-4;1-2;/h7-12,15H,4-6H2,1-3H3,(H,20,21);5-7,10H,2-4H2,1H3,(H,15,16)(H,13,14,17);6-7,10,13H,3-5H2,1-2H3,(H,14,15);5-6,9H,2-4H2,1H3,(H2,12,15)(H,13,14);5-6,10H,2-4H2,1H3,(H,13,14);2-3H,1H3;3-5H,1-2H3;4H,1-3,5H2;2H,1,3H2;1H3;1H4/b8-7-;;;;;;4-3-;;;;/i;;;;;;;;;1D;. The Balaban J connectivity index is 0.000000288. The van der Waals surface area contributed by atoms with E-state index in [4.69, 9.17) is 73.2 Å². The number of ether oxygens (including phenoxy) is 2. The molecular formula is C84H118Cl2FIN22O5S2. The summed E-state index contributed by atoms with van der Waals surface area (Å²) < 4.78 is 28.4. The highest BCUT2D eigenvalue weighted by Crippen LogP contribution is 2.30. The molecule has 0 bridgehead atoms. The maximum Gasteiger partial charge on any atom is 0.332 e. The zero-order valence-corrected chi connectivity index (χ0v) is 73.5. The predicted molar refractivity (Wildman–Crippen MR) is 487 cm³/mol. The number of carbonyl (C=O) groups excluding carboxylic acids is 3. The van der Waals surface area contributed by atoms with Crippen molar-refractivity contribution in [2.45, 2.75) is 241 Å². The van der Waals surface area contributed by atoms with Crippen molar-refractivity contribution in [1.29, 1.82) is 10.7 Å². The molecule has 6 fully saturated rings. The first-order chi connectivity index (χ1) is 56.0. The van der Waals surface area contributed by atoms with Gasteiger partial charge in [0.1, 0.15) is 58.2 Å². The van der Waals surface area contributed by atoms with Gasteiger partial charge in [-0.2, -0.15) is 10.4 Å². The highest BCUT2D eigenvalue weighted by molar-refractivity contribution is 14.1. The minimum absolute atomic E-state index is 0. The maximum atomic E-state index is 11.5. The average molecular weight is 1800 g/mol. The Bertz CT molecular complexity index is 4430. The number of halogens is 4. The number of carbonyl (C=O) groups is 3. The van der Waals surface area contributed by atoms with Gasteiger partial charge < -0.3 is 58.1 Å². The van der Waals surface area contributed by atoms with E-state index >= 15 is 0 Å². The number of aromatic nitrogens is 12. The first kappa shape index (κ1) is 98.4. The number of aldehydes is 1. The number of aromatic amines is 1. The number of nitrogens with two attached hydrogens (primary N) is 3. The molecule has 0 aromatic carbocycles. The number of hydrogen-bond acceptors (Lipinski definition) is 26. The first-order valence-corrected chi connectivity index (χ1v) is 42.4. The summed E-state index contributed by atoms with van der Waals surface area (Å²) in [7, 11) is -1.00. The molecule has 6 saturated carbocycles. The second kappa shape index (κ2) is 54.8. The van der Waals surface area contributed by atoms with Crippen LogP contribution < -0.4 is 43.8 Å². The smallest absolute Gasteiger partial charge is 0.332 e. The summed E-state index contributed by atoms with van der Waals surface area (Å²) in [6.07, 6.45) is 32.4. The van der Waals surface area contributed by atoms with Gasteiger partial charge in [0.2, 0.25) is 0 Å². The van der Waals surface area contributed by atoms with Crippen molar-refractivity contribution in [3.63, 3.8) is 0 Å². The van der Waals surface area contributed by atoms with E-state index in [2.05, 4.69) is 93.6 Å². The summed E-state index contributed by atoms with van der Waals surface area (Å²) in [6, 6.07) is 28.2. The fourth-order valence-electron chi connectivity index (χ4n) is 10.8. The largest absolute Gasteiger partial charge is 0.460 e. The van der Waals surface area contributed by atoms with Crippen molar-refractivity contribution in [2.24, 2.45) is 17.2 Å². The lowest BCUT2D eigenvalue weighted by Crippen LogP contribution is -2.27. The zero-order chi connectivity index (χ0) is 85.8. The van der Waals surface area contributed by atoms with Gasteiger partial charge in [-0.3, -0.25) is 14.9 Å². The van der Waals surface area contributed by atoms with Gasteiger partial charge in [-0.15, -0.1) is 16.9 Å². The lowest BCUT2D eigenvalue weighted by Gasteiger charge is -2.27. The topological polar surface area (TPSA) is 405 Å². The van der Waals surface area contributed by atoms with E-state index in [1.54, 1.807) is 42.5 Å². The number of alkyl halides is 1. The minimum atomic E-state index is -1.00. The van der Waals surface area contributed by atoms with E-state index in [9.17, 15) is 14.0 Å². The van der Waals surface area contributed by atoms with Crippen LogP contribution in [0.1, 0.15) is 203 Å². The number of thioether (sulfide) groups is 1. The van der Waals surface area contributed by atoms with E-state index in [0.717, 1.165) is 91.3 Å². The Morgan fingerprint density at radius 1 is 0.658 bits per heavy atom. The molecule has 0 radical (unpaired) electrons. The predicted octanol–water partition coefficient (Wildman–Crippen LogP) is 17.9. The maximum absolute atomic E-state index is 11.5.